The van der Waals surface area contributed by atoms with Crippen molar-refractivity contribution in [2.45, 2.75) is 32.4 Å². The standard InChI is InChI=1S/C26H26FN3O6/c1-26(2,3)36-25(34)23(28)18-8-7-16(24(33)30-21-9-10-29-13-20(21)27)12-19(18)15-5-4-6-17(11-15)35-14-22(31)32/h4-13,23H,14,28H2,1-3H3,(H,31,32)(H,29,30,33). The highest BCUT2D eigenvalue weighted by Gasteiger charge is 2.26. The topological polar surface area (TPSA) is 141 Å². The number of hydrogen-bond acceptors (Lipinski definition) is 7. The van der Waals surface area contributed by atoms with E-state index in [1.54, 1.807) is 45.0 Å². The number of amides is 1. The van der Waals surface area contributed by atoms with Crippen LogP contribution in [0.4, 0.5) is 10.1 Å². The minimum Gasteiger partial charge on any atom is -0.482 e. The largest absolute Gasteiger partial charge is 0.482 e. The van der Waals surface area contributed by atoms with Crippen LogP contribution in [0, 0.1) is 5.82 Å². The predicted molar refractivity (Wildman–Crippen MR) is 130 cm³/mol. The number of halogens is 1. The molecule has 1 atom stereocenters. The molecule has 0 aliphatic rings. The molecule has 0 aliphatic heterocycles. The number of pyridine rings is 1. The Hall–Kier alpha value is -4.31. The lowest BCUT2D eigenvalue weighted by Crippen LogP contribution is -2.32. The fourth-order valence-corrected chi connectivity index (χ4v) is 3.28. The fourth-order valence-electron chi connectivity index (χ4n) is 3.28. The Labute approximate surface area is 207 Å². The maximum absolute atomic E-state index is 14.0. The molecule has 188 valence electrons. The lowest BCUT2D eigenvalue weighted by Gasteiger charge is -2.23. The Morgan fingerprint density at radius 2 is 1.89 bits per heavy atom. The molecule has 4 N–H and O–H groups in total. The average molecular weight is 496 g/mol. The molecule has 1 heterocycles. The van der Waals surface area contributed by atoms with Crippen LogP contribution in [0.1, 0.15) is 42.7 Å². The zero-order valence-electron chi connectivity index (χ0n) is 19.9. The highest BCUT2D eigenvalue weighted by molar-refractivity contribution is 6.05. The average Bonchev–Trinajstić information content (AvgIpc) is 2.82. The molecule has 0 aliphatic carbocycles. The summed E-state index contributed by atoms with van der Waals surface area (Å²) in [6, 6.07) is 11.1. The third-order valence-electron chi connectivity index (χ3n) is 4.84. The maximum atomic E-state index is 14.0. The monoisotopic (exact) mass is 495 g/mol. The number of esters is 1. The maximum Gasteiger partial charge on any atom is 0.341 e. The first-order valence-corrected chi connectivity index (χ1v) is 10.9. The van der Waals surface area contributed by atoms with Crippen LogP contribution in [-0.2, 0) is 14.3 Å². The molecular formula is C26H26FN3O6. The van der Waals surface area contributed by atoms with Crippen LogP contribution >= 0.6 is 0 Å². The van der Waals surface area contributed by atoms with Gasteiger partial charge >= 0.3 is 11.9 Å². The molecule has 2 aromatic carbocycles. The third-order valence-corrected chi connectivity index (χ3v) is 4.84. The van der Waals surface area contributed by atoms with Crippen LogP contribution in [0.3, 0.4) is 0 Å². The van der Waals surface area contributed by atoms with Crippen molar-refractivity contribution in [1.29, 1.82) is 0 Å². The van der Waals surface area contributed by atoms with Gasteiger partial charge in [0.15, 0.2) is 12.4 Å². The molecule has 0 saturated heterocycles. The molecule has 1 aromatic heterocycles. The molecule has 0 spiro atoms. The van der Waals surface area contributed by atoms with Crippen LogP contribution in [0.15, 0.2) is 60.9 Å². The number of carboxylic acid groups (broad SMARTS) is 1. The van der Waals surface area contributed by atoms with Crippen LogP contribution < -0.4 is 15.8 Å². The second kappa shape index (κ2) is 11.0. The lowest BCUT2D eigenvalue weighted by molar-refractivity contribution is -0.156. The number of nitrogens with zero attached hydrogens (tertiary/aromatic N) is 1. The number of aromatic nitrogens is 1. The summed E-state index contributed by atoms with van der Waals surface area (Å²) in [6.45, 7) is 4.60. The van der Waals surface area contributed by atoms with Crippen molar-refractivity contribution in [3.8, 4) is 16.9 Å². The van der Waals surface area contributed by atoms with Crippen LogP contribution in [-0.4, -0.2) is 40.1 Å². The van der Waals surface area contributed by atoms with E-state index < -0.39 is 41.9 Å². The zero-order valence-corrected chi connectivity index (χ0v) is 19.9. The molecule has 10 heteroatoms. The van der Waals surface area contributed by atoms with E-state index in [0.29, 0.717) is 16.7 Å². The molecular weight excluding hydrogens is 469 g/mol. The number of carboxylic acids is 1. The smallest absolute Gasteiger partial charge is 0.341 e. The SMILES string of the molecule is CC(C)(C)OC(=O)C(N)c1ccc(C(=O)Nc2ccncc2F)cc1-c1cccc(OCC(=O)O)c1. The normalized spacial score (nSPS) is 11.9. The number of anilines is 1. The predicted octanol–water partition coefficient (Wildman–Crippen LogP) is 3.94. The van der Waals surface area contributed by atoms with Crippen molar-refractivity contribution in [3.63, 3.8) is 0 Å². The van der Waals surface area contributed by atoms with Gasteiger partial charge in [0.25, 0.3) is 5.91 Å². The minimum atomic E-state index is -1.18. The van der Waals surface area contributed by atoms with E-state index in [1.165, 1.54) is 30.5 Å². The Bertz CT molecular complexity index is 1290. The van der Waals surface area contributed by atoms with Crippen molar-refractivity contribution >= 4 is 23.5 Å². The summed E-state index contributed by atoms with van der Waals surface area (Å²) in [5.41, 5.74) is 6.89. The molecule has 36 heavy (non-hydrogen) atoms. The highest BCUT2D eigenvalue weighted by Crippen LogP contribution is 2.32. The van der Waals surface area contributed by atoms with Gasteiger partial charge in [0, 0.05) is 11.8 Å². The lowest BCUT2D eigenvalue weighted by atomic mass is 9.92. The van der Waals surface area contributed by atoms with E-state index in [0.717, 1.165) is 6.20 Å². The van der Waals surface area contributed by atoms with Gasteiger partial charge in [-0.15, -0.1) is 0 Å². The molecule has 9 nitrogen and oxygen atoms in total. The number of aliphatic carboxylic acids is 1. The van der Waals surface area contributed by atoms with Crippen LogP contribution in [0.2, 0.25) is 0 Å². The van der Waals surface area contributed by atoms with Gasteiger partial charge in [-0.25, -0.2) is 14.0 Å². The van der Waals surface area contributed by atoms with Gasteiger partial charge in [-0.1, -0.05) is 18.2 Å². The summed E-state index contributed by atoms with van der Waals surface area (Å²) >= 11 is 0. The molecule has 3 aromatic rings. The summed E-state index contributed by atoms with van der Waals surface area (Å²) in [4.78, 5) is 40.1. The third kappa shape index (κ3) is 6.86. The summed E-state index contributed by atoms with van der Waals surface area (Å²) in [7, 11) is 0. The number of hydrogen-bond donors (Lipinski definition) is 3. The van der Waals surface area contributed by atoms with Crippen molar-refractivity contribution < 1.29 is 33.4 Å². The number of nitrogens with one attached hydrogen (secondary N) is 1. The Morgan fingerprint density at radius 1 is 1.14 bits per heavy atom. The van der Waals surface area contributed by atoms with E-state index in [1.807, 2.05) is 0 Å². The second-order valence-electron chi connectivity index (χ2n) is 8.83. The van der Waals surface area contributed by atoms with Gasteiger partial charge in [-0.3, -0.25) is 9.78 Å². The molecule has 0 radical (unpaired) electrons. The first kappa shape index (κ1) is 26.3. The van der Waals surface area contributed by atoms with Gasteiger partial charge in [0.2, 0.25) is 0 Å². The summed E-state index contributed by atoms with van der Waals surface area (Å²) in [6.07, 6.45) is 2.32. The van der Waals surface area contributed by atoms with Gasteiger partial charge in [-0.05, 0) is 67.8 Å². The number of carbonyl (C=O) groups is 3. The second-order valence-corrected chi connectivity index (χ2v) is 8.83. The van der Waals surface area contributed by atoms with Crippen LogP contribution in [0.25, 0.3) is 11.1 Å². The van der Waals surface area contributed by atoms with E-state index in [9.17, 15) is 18.8 Å². The quantitative estimate of drug-likeness (QED) is 0.399. The Morgan fingerprint density at radius 3 is 2.56 bits per heavy atom. The Balaban J connectivity index is 2.03. The van der Waals surface area contributed by atoms with Crippen molar-refractivity contribution in [1.82, 2.24) is 4.98 Å². The summed E-state index contributed by atoms with van der Waals surface area (Å²) in [5, 5.41) is 11.4. The van der Waals surface area contributed by atoms with E-state index in [-0.39, 0.29) is 17.0 Å². The van der Waals surface area contributed by atoms with Gasteiger partial charge in [0.05, 0.1) is 11.9 Å². The number of ether oxygens (including phenoxy) is 2. The number of nitrogens with two attached hydrogens (primary N) is 1. The van der Waals surface area contributed by atoms with E-state index >= 15 is 0 Å². The fraction of sp³-hybridized carbons (Fsp3) is 0.231. The Kier molecular flexibility index (Phi) is 8.00. The van der Waals surface area contributed by atoms with E-state index in [2.05, 4.69) is 10.3 Å². The summed E-state index contributed by atoms with van der Waals surface area (Å²) < 4.78 is 24.7. The minimum absolute atomic E-state index is 0.0462. The van der Waals surface area contributed by atoms with Gasteiger partial charge in [-0.2, -0.15) is 0 Å². The molecule has 0 saturated carbocycles. The molecule has 0 fully saturated rings. The molecule has 1 unspecified atom stereocenters. The molecule has 0 bridgehead atoms. The van der Waals surface area contributed by atoms with E-state index in [4.69, 9.17) is 20.3 Å². The van der Waals surface area contributed by atoms with Crippen LogP contribution in [0.5, 0.6) is 5.75 Å². The highest BCUT2D eigenvalue weighted by atomic mass is 19.1. The van der Waals surface area contributed by atoms with Gasteiger partial charge < -0.3 is 25.6 Å². The zero-order chi connectivity index (χ0) is 26.5. The first-order valence-electron chi connectivity index (χ1n) is 10.9. The van der Waals surface area contributed by atoms with Gasteiger partial charge in [0.1, 0.15) is 17.4 Å². The molecule has 3 rings (SSSR count). The molecule has 1 amide bonds. The number of carbonyl (C=O) groups excluding carboxylic acids is 2. The first-order chi connectivity index (χ1) is 16.9. The number of rotatable bonds is 8. The number of benzene rings is 2. The van der Waals surface area contributed by atoms with Crippen molar-refractivity contribution in [2.75, 3.05) is 11.9 Å². The van der Waals surface area contributed by atoms with Crippen molar-refractivity contribution in [2.24, 2.45) is 5.73 Å². The van der Waals surface area contributed by atoms with Crippen molar-refractivity contribution in [3.05, 3.63) is 77.9 Å². The summed E-state index contributed by atoms with van der Waals surface area (Å²) in [5.74, 6) is -2.84.